The van der Waals surface area contributed by atoms with E-state index >= 15 is 0 Å². The van der Waals surface area contributed by atoms with Gasteiger partial charge in [-0.2, -0.15) is 18.3 Å². The van der Waals surface area contributed by atoms with E-state index in [2.05, 4.69) is 10.4 Å². The molecule has 1 aromatic rings. The normalized spacial score (nSPS) is 13.4. The molecule has 5 nitrogen and oxygen atoms in total. The van der Waals surface area contributed by atoms with Gasteiger partial charge < -0.3 is 11.1 Å². The average Bonchev–Trinajstić information content (AvgIpc) is 2.59. The summed E-state index contributed by atoms with van der Waals surface area (Å²) in [6.07, 6.45) is -1.28. The Labute approximate surface area is 102 Å². The number of aromatic nitrogens is 2. The number of alkyl halides is 3. The molecule has 0 aromatic carbocycles. The minimum atomic E-state index is -4.33. The summed E-state index contributed by atoms with van der Waals surface area (Å²) in [5, 5.41) is 5.97. The van der Waals surface area contributed by atoms with Gasteiger partial charge in [-0.15, -0.1) is 0 Å². The van der Waals surface area contributed by atoms with Crippen LogP contribution in [0.25, 0.3) is 0 Å². The van der Waals surface area contributed by atoms with Crippen molar-refractivity contribution in [2.75, 3.05) is 5.32 Å². The molecule has 102 valence electrons. The standard InChI is InChI=1S/C10H15F3N4O/c1-7(14)2-3-9(18)16-8-4-15-17(5-8)6-10(11,12)13/h4-5,7H,2-3,6,14H2,1H3,(H,16,18). The van der Waals surface area contributed by atoms with Crippen LogP contribution in [-0.2, 0) is 11.3 Å². The van der Waals surface area contributed by atoms with Crippen LogP contribution in [0.3, 0.4) is 0 Å². The highest BCUT2D eigenvalue weighted by atomic mass is 19.4. The fraction of sp³-hybridized carbons (Fsp3) is 0.600. The Morgan fingerprint density at radius 2 is 2.28 bits per heavy atom. The van der Waals surface area contributed by atoms with Gasteiger partial charge in [-0.05, 0) is 13.3 Å². The lowest BCUT2D eigenvalue weighted by atomic mass is 10.2. The van der Waals surface area contributed by atoms with Gasteiger partial charge in [-0.1, -0.05) is 0 Å². The van der Waals surface area contributed by atoms with Crippen molar-refractivity contribution >= 4 is 11.6 Å². The number of carbonyl (C=O) groups is 1. The van der Waals surface area contributed by atoms with Crippen LogP contribution in [0.1, 0.15) is 19.8 Å². The number of amides is 1. The van der Waals surface area contributed by atoms with Crippen molar-refractivity contribution in [1.29, 1.82) is 0 Å². The summed E-state index contributed by atoms with van der Waals surface area (Å²) in [5.74, 6) is -0.293. The second-order valence-corrected chi connectivity index (χ2v) is 4.11. The number of hydrogen-bond acceptors (Lipinski definition) is 3. The third-order valence-corrected chi connectivity index (χ3v) is 2.09. The zero-order chi connectivity index (χ0) is 13.8. The number of nitrogens with one attached hydrogen (secondary N) is 1. The molecule has 0 fully saturated rings. The smallest absolute Gasteiger partial charge is 0.328 e. The number of nitrogens with two attached hydrogens (primary N) is 1. The SMILES string of the molecule is CC(N)CCC(=O)Nc1cnn(CC(F)(F)F)c1. The van der Waals surface area contributed by atoms with E-state index in [1.54, 1.807) is 6.92 Å². The third-order valence-electron chi connectivity index (χ3n) is 2.09. The van der Waals surface area contributed by atoms with Gasteiger partial charge in [0.1, 0.15) is 6.54 Å². The van der Waals surface area contributed by atoms with E-state index in [0.29, 0.717) is 6.42 Å². The molecular formula is C10H15F3N4O. The molecule has 1 atom stereocenters. The molecule has 1 unspecified atom stereocenters. The molecule has 1 amide bonds. The number of hydrogen-bond donors (Lipinski definition) is 2. The number of rotatable bonds is 5. The van der Waals surface area contributed by atoms with Crippen molar-refractivity contribution < 1.29 is 18.0 Å². The second-order valence-electron chi connectivity index (χ2n) is 4.11. The van der Waals surface area contributed by atoms with Gasteiger partial charge in [0.2, 0.25) is 5.91 Å². The first-order chi connectivity index (χ1) is 8.26. The van der Waals surface area contributed by atoms with Crippen LogP contribution in [0.15, 0.2) is 12.4 Å². The molecule has 8 heteroatoms. The van der Waals surface area contributed by atoms with Gasteiger partial charge in [-0.25, -0.2) is 0 Å². The lowest BCUT2D eigenvalue weighted by molar-refractivity contribution is -0.142. The largest absolute Gasteiger partial charge is 0.408 e. The molecular weight excluding hydrogens is 249 g/mol. The van der Waals surface area contributed by atoms with E-state index in [0.717, 1.165) is 10.9 Å². The Balaban J connectivity index is 2.46. The van der Waals surface area contributed by atoms with Crippen molar-refractivity contribution in [2.24, 2.45) is 5.73 Å². The highest BCUT2D eigenvalue weighted by molar-refractivity contribution is 5.90. The Kier molecular flexibility index (Phi) is 4.71. The predicted molar refractivity (Wildman–Crippen MR) is 59.8 cm³/mol. The zero-order valence-corrected chi connectivity index (χ0v) is 9.87. The maximum absolute atomic E-state index is 12.1. The van der Waals surface area contributed by atoms with E-state index in [9.17, 15) is 18.0 Å². The van der Waals surface area contributed by atoms with Crippen molar-refractivity contribution in [2.45, 2.75) is 38.5 Å². The van der Waals surface area contributed by atoms with Gasteiger partial charge in [0, 0.05) is 18.7 Å². The van der Waals surface area contributed by atoms with Crippen LogP contribution in [-0.4, -0.2) is 27.9 Å². The minimum absolute atomic E-state index is 0.0938. The van der Waals surface area contributed by atoms with Crippen LogP contribution < -0.4 is 11.1 Å². The summed E-state index contributed by atoms with van der Waals surface area (Å²) >= 11 is 0. The summed E-state index contributed by atoms with van der Waals surface area (Å²) in [7, 11) is 0. The van der Waals surface area contributed by atoms with Gasteiger partial charge in [0.05, 0.1) is 11.9 Å². The number of nitrogens with zero attached hydrogens (tertiary/aromatic N) is 2. The Morgan fingerprint density at radius 3 is 2.83 bits per heavy atom. The van der Waals surface area contributed by atoms with Gasteiger partial charge in [0.25, 0.3) is 0 Å². The third kappa shape index (κ3) is 5.67. The molecule has 1 rings (SSSR count). The molecule has 0 bridgehead atoms. The quantitative estimate of drug-likeness (QED) is 0.846. The molecule has 0 spiro atoms. The van der Waals surface area contributed by atoms with Crippen molar-refractivity contribution in [3.63, 3.8) is 0 Å². The maximum Gasteiger partial charge on any atom is 0.408 e. The van der Waals surface area contributed by atoms with Crippen LogP contribution in [0, 0.1) is 0 Å². The minimum Gasteiger partial charge on any atom is -0.328 e. The molecule has 0 saturated carbocycles. The van der Waals surface area contributed by atoms with Crippen molar-refractivity contribution in [1.82, 2.24) is 9.78 Å². The number of anilines is 1. The van der Waals surface area contributed by atoms with Gasteiger partial charge in [-0.3, -0.25) is 9.48 Å². The molecule has 0 saturated heterocycles. The number of carbonyl (C=O) groups excluding carboxylic acids is 1. The summed E-state index contributed by atoms with van der Waals surface area (Å²) < 4.78 is 36.9. The first-order valence-electron chi connectivity index (χ1n) is 5.41. The predicted octanol–water partition coefficient (Wildman–Crippen LogP) is 1.51. The van der Waals surface area contributed by atoms with Crippen LogP contribution >= 0.6 is 0 Å². The van der Waals surface area contributed by atoms with E-state index in [1.807, 2.05) is 0 Å². The summed E-state index contributed by atoms with van der Waals surface area (Å²) in [5.41, 5.74) is 5.73. The molecule has 0 aliphatic carbocycles. The molecule has 1 heterocycles. The zero-order valence-electron chi connectivity index (χ0n) is 9.87. The lowest BCUT2D eigenvalue weighted by Crippen LogP contribution is -2.19. The molecule has 1 aromatic heterocycles. The highest BCUT2D eigenvalue weighted by Gasteiger charge is 2.28. The molecule has 18 heavy (non-hydrogen) atoms. The van der Waals surface area contributed by atoms with Gasteiger partial charge in [0.15, 0.2) is 0 Å². The first-order valence-corrected chi connectivity index (χ1v) is 5.41. The molecule has 0 radical (unpaired) electrons. The highest BCUT2D eigenvalue weighted by Crippen LogP contribution is 2.18. The summed E-state index contributed by atoms with van der Waals surface area (Å²) in [6.45, 7) is 0.595. The summed E-state index contributed by atoms with van der Waals surface area (Å²) in [4.78, 5) is 11.4. The van der Waals surface area contributed by atoms with Crippen molar-refractivity contribution in [3.8, 4) is 0 Å². The monoisotopic (exact) mass is 264 g/mol. The van der Waals surface area contributed by atoms with Gasteiger partial charge >= 0.3 is 6.18 Å². The summed E-state index contributed by atoms with van der Waals surface area (Å²) in [6, 6.07) is -0.0938. The Bertz CT molecular complexity index is 400. The molecule has 0 aliphatic rings. The first kappa shape index (κ1) is 14.5. The molecule has 0 aliphatic heterocycles. The van der Waals surface area contributed by atoms with Crippen LogP contribution in [0.2, 0.25) is 0 Å². The number of halogens is 3. The second kappa shape index (κ2) is 5.85. The van der Waals surface area contributed by atoms with E-state index in [4.69, 9.17) is 5.73 Å². The van der Waals surface area contributed by atoms with E-state index in [1.165, 1.54) is 6.20 Å². The Morgan fingerprint density at radius 1 is 1.61 bits per heavy atom. The van der Waals surface area contributed by atoms with E-state index < -0.39 is 12.7 Å². The van der Waals surface area contributed by atoms with Crippen LogP contribution in [0.4, 0.5) is 18.9 Å². The van der Waals surface area contributed by atoms with Crippen LogP contribution in [0.5, 0.6) is 0 Å². The molecule has 3 N–H and O–H groups in total. The average molecular weight is 264 g/mol. The lowest BCUT2D eigenvalue weighted by Gasteiger charge is -2.06. The Hall–Kier alpha value is -1.57. The topological polar surface area (TPSA) is 72.9 Å². The van der Waals surface area contributed by atoms with Crippen molar-refractivity contribution in [3.05, 3.63) is 12.4 Å². The maximum atomic E-state index is 12.1. The fourth-order valence-electron chi connectivity index (χ4n) is 1.28. The van der Waals surface area contributed by atoms with E-state index in [-0.39, 0.29) is 24.1 Å². The fourth-order valence-corrected chi connectivity index (χ4v) is 1.28.